The Bertz CT molecular complexity index is 669. The van der Waals surface area contributed by atoms with Crippen molar-refractivity contribution in [2.75, 3.05) is 38.6 Å². The van der Waals surface area contributed by atoms with Gasteiger partial charge >= 0.3 is 12.1 Å². The zero-order chi connectivity index (χ0) is 22.1. The number of carbonyl (C=O) groups excluding carboxylic acids is 2. The van der Waals surface area contributed by atoms with Crippen molar-refractivity contribution in [3.8, 4) is 0 Å². The van der Waals surface area contributed by atoms with Gasteiger partial charge in [-0.25, -0.2) is 9.59 Å². The van der Waals surface area contributed by atoms with E-state index in [0.29, 0.717) is 25.6 Å². The average molecular weight is 419 g/mol. The van der Waals surface area contributed by atoms with Crippen molar-refractivity contribution >= 4 is 17.8 Å². The minimum Gasteiger partial charge on any atom is -0.444 e. The molecule has 168 valence electrons. The molecule has 1 heterocycles. The molecule has 1 aliphatic rings. The van der Waals surface area contributed by atoms with E-state index in [-0.39, 0.29) is 12.1 Å². The molecule has 0 saturated heterocycles. The van der Waals surface area contributed by atoms with Crippen molar-refractivity contribution in [1.29, 1.82) is 0 Å². The molecule has 1 aliphatic carbocycles. The molecule has 1 aromatic rings. The summed E-state index contributed by atoms with van der Waals surface area (Å²) in [4.78, 5) is 34.6. The van der Waals surface area contributed by atoms with E-state index in [0.717, 1.165) is 12.1 Å². The van der Waals surface area contributed by atoms with Gasteiger partial charge in [0.25, 0.3) is 0 Å². The lowest BCUT2D eigenvalue weighted by Crippen LogP contribution is -2.46. The minimum atomic E-state index is -0.538. The second-order valence-electron chi connectivity index (χ2n) is 9.23. The number of amides is 3. The third-order valence-corrected chi connectivity index (χ3v) is 5.55. The number of nitrogens with zero attached hydrogens (tertiary/aromatic N) is 4. The van der Waals surface area contributed by atoms with Gasteiger partial charge in [0.15, 0.2) is 0 Å². The van der Waals surface area contributed by atoms with E-state index in [2.05, 4.69) is 4.98 Å². The highest BCUT2D eigenvalue weighted by Crippen LogP contribution is 2.26. The number of urea groups is 1. The van der Waals surface area contributed by atoms with Crippen LogP contribution in [0.25, 0.3) is 0 Å². The minimum absolute atomic E-state index is 0.0606. The van der Waals surface area contributed by atoms with Crippen LogP contribution in [0, 0.1) is 5.92 Å². The molecule has 0 aromatic carbocycles. The van der Waals surface area contributed by atoms with E-state index < -0.39 is 5.60 Å². The summed E-state index contributed by atoms with van der Waals surface area (Å²) in [5, 5.41) is 0. The largest absolute Gasteiger partial charge is 0.444 e. The Hall–Kier alpha value is -2.31. The summed E-state index contributed by atoms with van der Waals surface area (Å²) in [6.07, 6.45) is 10.4. The van der Waals surface area contributed by atoms with Crippen LogP contribution in [-0.2, 0) is 4.74 Å². The summed E-state index contributed by atoms with van der Waals surface area (Å²) >= 11 is 0. The van der Waals surface area contributed by atoms with Crippen LogP contribution in [0.1, 0.15) is 59.3 Å². The van der Waals surface area contributed by atoms with Gasteiger partial charge in [-0.2, -0.15) is 0 Å². The van der Waals surface area contributed by atoms with Gasteiger partial charge in [0.05, 0.1) is 0 Å². The first-order chi connectivity index (χ1) is 14.2. The van der Waals surface area contributed by atoms with Crippen LogP contribution in [0.5, 0.6) is 0 Å². The molecule has 3 amide bonds. The lowest BCUT2D eigenvalue weighted by molar-refractivity contribution is 0.0287. The monoisotopic (exact) mass is 418 g/mol. The summed E-state index contributed by atoms with van der Waals surface area (Å²) in [6, 6.07) is 3.59. The number of pyridine rings is 1. The van der Waals surface area contributed by atoms with Crippen molar-refractivity contribution in [2.24, 2.45) is 5.92 Å². The maximum absolute atomic E-state index is 13.2. The van der Waals surface area contributed by atoms with Crippen LogP contribution in [0.3, 0.4) is 0 Å². The normalized spacial score (nSPS) is 14.8. The first-order valence-corrected chi connectivity index (χ1v) is 11.0. The molecule has 0 radical (unpaired) electrons. The molecule has 1 saturated carbocycles. The Balaban J connectivity index is 2.00. The molecule has 0 atom stereocenters. The van der Waals surface area contributed by atoms with Gasteiger partial charge in [-0.3, -0.25) is 9.88 Å². The van der Waals surface area contributed by atoms with Crippen LogP contribution in [0.15, 0.2) is 24.5 Å². The topological polar surface area (TPSA) is 66.0 Å². The maximum Gasteiger partial charge on any atom is 0.410 e. The van der Waals surface area contributed by atoms with Crippen molar-refractivity contribution in [1.82, 2.24) is 14.8 Å². The van der Waals surface area contributed by atoms with Gasteiger partial charge in [0.1, 0.15) is 5.60 Å². The molecule has 0 unspecified atom stereocenters. The van der Waals surface area contributed by atoms with Gasteiger partial charge in [0.2, 0.25) is 0 Å². The fourth-order valence-corrected chi connectivity index (χ4v) is 3.71. The van der Waals surface area contributed by atoms with Crippen LogP contribution >= 0.6 is 0 Å². The quantitative estimate of drug-likeness (QED) is 0.639. The van der Waals surface area contributed by atoms with E-state index in [1.807, 2.05) is 37.8 Å². The van der Waals surface area contributed by atoms with E-state index >= 15 is 0 Å². The molecule has 30 heavy (non-hydrogen) atoms. The molecule has 0 N–H and O–H groups in total. The van der Waals surface area contributed by atoms with Crippen LogP contribution in [-0.4, -0.2) is 66.2 Å². The number of anilines is 1. The Kier molecular flexibility index (Phi) is 8.93. The van der Waals surface area contributed by atoms with Crippen LogP contribution in [0.4, 0.5) is 15.3 Å². The predicted molar refractivity (Wildman–Crippen MR) is 120 cm³/mol. The Labute approximate surface area is 181 Å². The van der Waals surface area contributed by atoms with Crippen molar-refractivity contribution < 1.29 is 14.3 Å². The second kappa shape index (κ2) is 11.2. The number of likely N-dealkylation sites (N-methyl/N-ethyl adjacent to an activating group) is 1. The van der Waals surface area contributed by atoms with Crippen molar-refractivity contribution in [2.45, 2.75) is 64.9 Å². The molecule has 2 rings (SSSR count). The highest BCUT2D eigenvalue weighted by Gasteiger charge is 2.24. The maximum atomic E-state index is 13.2. The molecule has 0 aliphatic heterocycles. The summed E-state index contributed by atoms with van der Waals surface area (Å²) in [6.45, 7) is 7.14. The van der Waals surface area contributed by atoms with E-state index in [4.69, 9.17) is 4.74 Å². The molecule has 1 fully saturated rings. The first-order valence-electron chi connectivity index (χ1n) is 11.0. The van der Waals surface area contributed by atoms with E-state index in [9.17, 15) is 9.59 Å². The molecular weight excluding hydrogens is 380 g/mol. The number of ether oxygens (including phenoxy) is 1. The fourth-order valence-electron chi connectivity index (χ4n) is 3.71. The van der Waals surface area contributed by atoms with Gasteiger partial charge in [-0.05, 0) is 45.2 Å². The number of carbonyl (C=O) groups is 2. The summed E-state index contributed by atoms with van der Waals surface area (Å²) in [7, 11) is 3.49. The highest BCUT2D eigenvalue weighted by molar-refractivity contribution is 5.91. The average Bonchev–Trinajstić information content (AvgIpc) is 2.72. The Morgan fingerprint density at radius 1 is 1.03 bits per heavy atom. The van der Waals surface area contributed by atoms with E-state index in [1.54, 1.807) is 36.3 Å². The Morgan fingerprint density at radius 3 is 2.27 bits per heavy atom. The molecule has 7 heteroatoms. The summed E-state index contributed by atoms with van der Waals surface area (Å²) in [5.41, 5.74) is 0.266. The summed E-state index contributed by atoms with van der Waals surface area (Å²) in [5.74, 6) is 0.684. The molecular formula is C23H38N4O3. The first kappa shape index (κ1) is 24.0. The summed E-state index contributed by atoms with van der Waals surface area (Å²) < 4.78 is 5.43. The lowest BCUT2D eigenvalue weighted by Gasteiger charge is -2.32. The smallest absolute Gasteiger partial charge is 0.410 e. The highest BCUT2D eigenvalue weighted by atomic mass is 16.6. The Morgan fingerprint density at radius 2 is 1.67 bits per heavy atom. The zero-order valence-corrected chi connectivity index (χ0v) is 19.3. The standard InChI is InChI=1S/C23H38N4O3/c1-23(2,3)30-22(29)25(4)17-18-27(16-13-19-9-7-6-8-10-19)21(28)26(5)20-11-14-24-15-12-20/h11-12,14-15,19H,6-10,13,16-18H2,1-5H3. The van der Waals surface area contributed by atoms with Crippen molar-refractivity contribution in [3.05, 3.63) is 24.5 Å². The van der Waals surface area contributed by atoms with Crippen molar-refractivity contribution in [3.63, 3.8) is 0 Å². The lowest BCUT2D eigenvalue weighted by atomic mass is 9.87. The van der Waals surface area contributed by atoms with Crippen LogP contribution < -0.4 is 4.90 Å². The zero-order valence-electron chi connectivity index (χ0n) is 19.3. The third-order valence-electron chi connectivity index (χ3n) is 5.55. The van der Waals surface area contributed by atoms with E-state index in [1.165, 1.54) is 32.1 Å². The third kappa shape index (κ3) is 7.84. The number of hydrogen-bond donors (Lipinski definition) is 0. The molecule has 1 aromatic heterocycles. The molecule has 0 spiro atoms. The number of rotatable bonds is 7. The molecule has 7 nitrogen and oxygen atoms in total. The van der Waals surface area contributed by atoms with Gasteiger partial charge in [-0.1, -0.05) is 32.1 Å². The predicted octanol–water partition coefficient (Wildman–Crippen LogP) is 4.78. The fraction of sp³-hybridized carbons (Fsp3) is 0.696. The van der Waals surface area contributed by atoms with Gasteiger partial charge in [0, 0.05) is 51.8 Å². The van der Waals surface area contributed by atoms with Gasteiger partial charge in [-0.15, -0.1) is 0 Å². The number of hydrogen-bond acceptors (Lipinski definition) is 4. The molecule has 0 bridgehead atoms. The van der Waals surface area contributed by atoms with Gasteiger partial charge < -0.3 is 14.5 Å². The second-order valence-corrected chi connectivity index (χ2v) is 9.23. The number of aromatic nitrogens is 1. The SMILES string of the molecule is CN(CCN(CCC1CCCCC1)C(=O)N(C)c1ccncc1)C(=O)OC(C)(C)C. The van der Waals surface area contributed by atoms with Crippen LogP contribution in [0.2, 0.25) is 0 Å².